The van der Waals surface area contributed by atoms with E-state index < -0.39 is 33.4 Å². The number of hydrogen-bond acceptors (Lipinski definition) is 7. The maximum Gasteiger partial charge on any atom is 0.243 e. The van der Waals surface area contributed by atoms with Crippen LogP contribution >= 0.6 is 0 Å². The molecule has 2 N–H and O–H groups in total. The first-order valence-electron chi connectivity index (χ1n) is 12.6. The molecule has 1 aliphatic heterocycles. The SMILES string of the molecule is [B]C(=O)N[C@@H](Cc1ccccc1)[C@H](O)CN(CC(C)(C)CCCC#N)S(=O)(=O)c1ccc2c(c1)OCCO2. The molecule has 0 spiro atoms. The third-order valence-electron chi connectivity index (χ3n) is 6.38. The first-order valence-corrected chi connectivity index (χ1v) is 14.0. The Balaban J connectivity index is 1.91. The van der Waals surface area contributed by atoms with Gasteiger partial charge in [0.05, 0.1) is 23.1 Å². The van der Waals surface area contributed by atoms with Gasteiger partial charge in [0.2, 0.25) is 17.9 Å². The largest absolute Gasteiger partial charge is 0.486 e. The van der Waals surface area contributed by atoms with Gasteiger partial charge in [-0.2, -0.15) is 9.57 Å². The average Bonchev–Trinajstić information content (AvgIpc) is 2.88. The summed E-state index contributed by atoms with van der Waals surface area (Å²) in [5.74, 6) is -0.0151. The van der Waals surface area contributed by atoms with E-state index in [-0.39, 0.29) is 24.4 Å². The van der Waals surface area contributed by atoms with Crippen LogP contribution in [0, 0.1) is 16.7 Å². The highest BCUT2D eigenvalue weighted by Gasteiger charge is 2.35. The Kier molecular flexibility index (Phi) is 10.2. The number of aliphatic hydroxyl groups is 1. The van der Waals surface area contributed by atoms with Gasteiger partial charge >= 0.3 is 0 Å². The molecule has 0 unspecified atom stereocenters. The number of fused-ring (bicyclic) bond motifs is 1. The van der Waals surface area contributed by atoms with Crippen LogP contribution in [0.25, 0.3) is 0 Å². The van der Waals surface area contributed by atoms with Crippen LogP contribution in [0.2, 0.25) is 0 Å². The number of sulfonamides is 1. The van der Waals surface area contributed by atoms with Crippen molar-refractivity contribution < 1.29 is 27.8 Å². The third kappa shape index (κ3) is 8.22. The molecule has 0 saturated heterocycles. The lowest BCUT2D eigenvalue weighted by molar-refractivity contribution is 0.0969. The standard InChI is InChI=1S/C27H34BN3O6S/c1-27(2,12-6-7-13-29)19-31(38(34,35)21-10-11-24-25(17-21)37-15-14-36-24)18-23(32)22(30-26(28)33)16-20-8-4-3-5-9-20/h3-5,8-11,17,22-23,32H,6-7,12,14-16,18-19H2,1-2H3,(H,30,33)/t22-,23+/m0/s1. The number of nitriles is 1. The van der Waals surface area contributed by atoms with E-state index in [2.05, 4.69) is 11.4 Å². The summed E-state index contributed by atoms with van der Waals surface area (Å²) in [6, 6.07) is 15.0. The number of hydrogen-bond donors (Lipinski definition) is 2. The summed E-state index contributed by atoms with van der Waals surface area (Å²) in [7, 11) is 1.28. The van der Waals surface area contributed by atoms with Crippen LogP contribution in [-0.4, -0.2) is 69.9 Å². The smallest absolute Gasteiger partial charge is 0.243 e. The van der Waals surface area contributed by atoms with Crippen LogP contribution in [-0.2, 0) is 16.4 Å². The van der Waals surface area contributed by atoms with Crippen LogP contribution in [0.4, 0.5) is 4.79 Å². The van der Waals surface area contributed by atoms with Crippen molar-refractivity contribution in [3.05, 3.63) is 54.1 Å². The molecule has 2 aromatic carbocycles. The van der Waals surface area contributed by atoms with Crippen molar-refractivity contribution in [2.75, 3.05) is 26.3 Å². The van der Waals surface area contributed by atoms with E-state index in [4.69, 9.17) is 22.6 Å². The molecule has 1 amide bonds. The van der Waals surface area contributed by atoms with E-state index in [0.29, 0.717) is 44.0 Å². The van der Waals surface area contributed by atoms with Crippen LogP contribution in [0.15, 0.2) is 53.4 Å². The summed E-state index contributed by atoms with van der Waals surface area (Å²) in [6.45, 7) is 4.34. The number of unbranched alkanes of at least 4 members (excludes halogenated alkanes) is 1. The van der Waals surface area contributed by atoms with E-state index in [1.54, 1.807) is 6.07 Å². The molecule has 202 valence electrons. The molecule has 3 rings (SSSR count). The van der Waals surface area contributed by atoms with Crippen LogP contribution in [0.5, 0.6) is 11.5 Å². The molecule has 1 aliphatic rings. The Bertz CT molecular complexity index is 1230. The number of ether oxygens (including phenoxy) is 2. The number of nitrogens with one attached hydrogen (secondary N) is 1. The quantitative estimate of drug-likeness (QED) is 0.296. The van der Waals surface area contributed by atoms with Crippen LogP contribution in [0.1, 0.15) is 38.7 Å². The summed E-state index contributed by atoms with van der Waals surface area (Å²) in [6.07, 6.45) is 0.585. The summed E-state index contributed by atoms with van der Waals surface area (Å²) in [5.41, 5.74) is 0.354. The van der Waals surface area contributed by atoms with Gasteiger partial charge in [-0.1, -0.05) is 44.2 Å². The molecular formula is C27H34BN3O6S. The lowest BCUT2D eigenvalue weighted by atomic mass is 9.87. The molecule has 0 aromatic heterocycles. The lowest BCUT2D eigenvalue weighted by Crippen LogP contribution is -2.51. The van der Waals surface area contributed by atoms with Crippen molar-refractivity contribution in [2.45, 2.75) is 56.6 Å². The highest BCUT2D eigenvalue weighted by Crippen LogP contribution is 2.34. The van der Waals surface area contributed by atoms with Crippen molar-refractivity contribution in [2.24, 2.45) is 5.41 Å². The normalized spacial score (nSPS) is 14.9. The maximum absolute atomic E-state index is 13.9. The average molecular weight is 539 g/mol. The first-order chi connectivity index (χ1) is 18.0. The van der Waals surface area contributed by atoms with Gasteiger partial charge in [-0.25, -0.2) is 8.42 Å². The van der Waals surface area contributed by atoms with Crippen molar-refractivity contribution >= 4 is 23.7 Å². The van der Waals surface area contributed by atoms with E-state index in [1.165, 1.54) is 16.4 Å². The van der Waals surface area contributed by atoms with E-state index in [0.717, 1.165) is 5.56 Å². The second kappa shape index (κ2) is 13.1. The minimum atomic E-state index is -4.10. The fourth-order valence-electron chi connectivity index (χ4n) is 4.45. The minimum absolute atomic E-state index is 0.00393. The van der Waals surface area contributed by atoms with Gasteiger partial charge < -0.3 is 19.9 Å². The Morgan fingerprint density at radius 2 is 1.87 bits per heavy atom. The van der Waals surface area contributed by atoms with E-state index in [9.17, 15) is 18.3 Å². The number of carbonyl (C=O) groups is 1. The Morgan fingerprint density at radius 3 is 2.53 bits per heavy atom. The number of nitrogens with zero attached hydrogens (tertiary/aromatic N) is 2. The Labute approximate surface area is 226 Å². The molecule has 38 heavy (non-hydrogen) atoms. The molecule has 1 heterocycles. The number of carbonyl (C=O) groups excluding carboxylic acids is 1. The summed E-state index contributed by atoms with van der Waals surface area (Å²) >= 11 is 0. The molecule has 11 heteroatoms. The first kappa shape index (κ1) is 29.5. The topological polar surface area (TPSA) is 129 Å². The zero-order chi connectivity index (χ0) is 27.8. The highest BCUT2D eigenvalue weighted by atomic mass is 32.2. The molecule has 2 atom stereocenters. The maximum atomic E-state index is 13.9. The fourth-order valence-corrected chi connectivity index (χ4v) is 6.12. The minimum Gasteiger partial charge on any atom is -0.486 e. The molecule has 0 aliphatic carbocycles. The summed E-state index contributed by atoms with van der Waals surface area (Å²) < 4.78 is 40.2. The predicted octanol–water partition coefficient (Wildman–Crippen LogP) is 3.02. The second-order valence-corrected chi connectivity index (χ2v) is 12.1. The van der Waals surface area contributed by atoms with Crippen molar-refractivity contribution in [3.8, 4) is 17.6 Å². The van der Waals surface area contributed by atoms with Gasteiger partial charge in [0.1, 0.15) is 13.2 Å². The van der Waals surface area contributed by atoms with Crippen LogP contribution < -0.4 is 14.8 Å². The lowest BCUT2D eigenvalue weighted by Gasteiger charge is -2.35. The Morgan fingerprint density at radius 1 is 1.18 bits per heavy atom. The number of amides is 1. The van der Waals surface area contributed by atoms with Gasteiger partial charge in [0.25, 0.3) is 0 Å². The molecule has 2 aromatic rings. The highest BCUT2D eigenvalue weighted by molar-refractivity contribution is 7.89. The molecular weight excluding hydrogens is 505 g/mol. The molecule has 9 nitrogen and oxygen atoms in total. The molecule has 2 radical (unpaired) electrons. The monoisotopic (exact) mass is 539 g/mol. The predicted molar refractivity (Wildman–Crippen MR) is 144 cm³/mol. The van der Waals surface area contributed by atoms with Gasteiger partial charge in [0, 0.05) is 25.6 Å². The zero-order valence-corrected chi connectivity index (χ0v) is 22.6. The number of rotatable bonds is 13. The fraction of sp³-hybridized carbons (Fsp3) is 0.481. The van der Waals surface area contributed by atoms with Crippen LogP contribution in [0.3, 0.4) is 0 Å². The molecule has 0 fully saturated rings. The molecule has 0 bridgehead atoms. The number of benzene rings is 2. The van der Waals surface area contributed by atoms with Crippen molar-refractivity contribution in [1.29, 1.82) is 5.26 Å². The third-order valence-corrected chi connectivity index (χ3v) is 8.19. The van der Waals surface area contributed by atoms with E-state index in [1.807, 2.05) is 44.2 Å². The van der Waals surface area contributed by atoms with Gasteiger partial charge in [-0.3, -0.25) is 4.79 Å². The summed E-state index contributed by atoms with van der Waals surface area (Å²) in [5, 5.41) is 22.7. The van der Waals surface area contributed by atoms with E-state index >= 15 is 0 Å². The van der Waals surface area contributed by atoms with Crippen molar-refractivity contribution in [1.82, 2.24) is 9.62 Å². The van der Waals surface area contributed by atoms with Crippen molar-refractivity contribution in [3.63, 3.8) is 0 Å². The number of aliphatic hydroxyl groups excluding tert-OH is 1. The zero-order valence-electron chi connectivity index (χ0n) is 21.8. The van der Waals surface area contributed by atoms with Gasteiger partial charge in [0.15, 0.2) is 17.3 Å². The Hall–Kier alpha value is -3.07. The van der Waals surface area contributed by atoms with Gasteiger partial charge in [-0.15, -0.1) is 0 Å². The second-order valence-electron chi connectivity index (χ2n) is 10.2. The van der Waals surface area contributed by atoms with Gasteiger partial charge in [-0.05, 0) is 42.4 Å². The summed E-state index contributed by atoms with van der Waals surface area (Å²) in [4.78, 5) is 11.7. The molecule has 0 saturated carbocycles.